The van der Waals surface area contributed by atoms with Gasteiger partial charge in [0.2, 0.25) is 0 Å². The van der Waals surface area contributed by atoms with Gasteiger partial charge in [0.25, 0.3) is 11.5 Å². The van der Waals surface area contributed by atoms with Crippen LogP contribution in [0, 0.1) is 5.82 Å². The summed E-state index contributed by atoms with van der Waals surface area (Å²) < 4.78 is 28.7. The highest BCUT2D eigenvalue weighted by Gasteiger charge is 2.27. The molecule has 0 saturated heterocycles. The van der Waals surface area contributed by atoms with E-state index in [1.54, 1.807) is 24.3 Å². The maximum Gasteiger partial charge on any atom is 0.259 e. The van der Waals surface area contributed by atoms with Gasteiger partial charge in [0.05, 0.1) is 28.0 Å². The second-order valence-electron chi connectivity index (χ2n) is 10.0. The summed E-state index contributed by atoms with van der Waals surface area (Å²) in [4.78, 5) is 35.3. The van der Waals surface area contributed by atoms with Gasteiger partial charge in [-0.05, 0) is 48.5 Å². The lowest BCUT2D eigenvalue weighted by molar-refractivity contribution is 0.0964. The molecule has 1 amide bonds. The number of pyridine rings is 2. The number of H-pyrrole nitrogens is 1. The Morgan fingerprint density at radius 3 is 2.71 bits per heavy atom. The second-order valence-corrected chi connectivity index (χ2v) is 10.0. The van der Waals surface area contributed by atoms with Crippen molar-refractivity contribution >= 4 is 33.5 Å². The predicted molar refractivity (Wildman–Crippen MR) is 155 cm³/mol. The molecule has 4 aromatic heterocycles. The number of furan rings is 1. The van der Waals surface area contributed by atoms with Gasteiger partial charge in [-0.2, -0.15) is 0 Å². The van der Waals surface area contributed by atoms with E-state index in [1.165, 1.54) is 19.3 Å². The number of nitrogens with one attached hydrogen (secondary N) is 2. The van der Waals surface area contributed by atoms with E-state index in [4.69, 9.17) is 14.1 Å². The van der Waals surface area contributed by atoms with Crippen LogP contribution in [0.15, 0.2) is 76.1 Å². The number of nitrogens with zero attached hydrogens (tertiary/aromatic N) is 3. The lowest BCUT2D eigenvalue weighted by Crippen LogP contribution is -2.19. The zero-order valence-electron chi connectivity index (χ0n) is 22.4. The number of aromatic amines is 1. The summed E-state index contributed by atoms with van der Waals surface area (Å²) in [5.41, 5.74) is 4.81. The van der Waals surface area contributed by atoms with Crippen LogP contribution in [0.4, 0.5) is 10.1 Å². The van der Waals surface area contributed by atoms with E-state index < -0.39 is 0 Å². The normalized spacial score (nSPS) is 12.2. The van der Waals surface area contributed by atoms with Crippen molar-refractivity contribution in [3.05, 3.63) is 88.6 Å². The first-order valence-electron chi connectivity index (χ1n) is 13.0. The minimum absolute atomic E-state index is 0.182. The summed E-state index contributed by atoms with van der Waals surface area (Å²) in [6.45, 7) is 0.247. The fourth-order valence-electron chi connectivity index (χ4n) is 5.46. The molecular formula is C31H24FN5O4. The van der Waals surface area contributed by atoms with Gasteiger partial charge in [0, 0.05) is 55.4 Å². The molecule has 0 bridgehead atoms. The number of hydrogen-bond donors (Lipinski definition) is 2. The maximum atomic E-state index is 14.6. The first-order chi connectivity index (χ1) is 19.9. The Morgan fingerprint density at radius 1 is 1.07 bits per heavy atom. The van der Waals surface area contributed by atoms with Gasteiger partial charge in [-0.25, -0.2) is 9.37 Å². The topological polar surface area (TPSA) is 105 Å². The first-order valence-corrected chi connectivity index (χ1v) is 13.0. The number of benzene rings is 2. The van der Waals surface area contributed by atoms with E-state index in [-0.39, 0.29) is 40.9 Å². The molecule has 0 spiro atoms. The van der Waals surface area contributed by atoms with Gasteiger partial charge >= 0.3 is 0 Å². The molecule has 10 heteroatoms. The summed E-state index contributed by atoms with van der Waals surface area (Å²) in [6, 6.07) is 17.4. The molecule has 0 fully saturated rings. The van der Waals surface area contributed by atoms with Gasteiger partial charge in [-0.3, -0.25) is 9.59 Å². The highest BCUT2D eigenvalue weighted by atomic mass is 19.1. The third kappa shape index (κ3) is 3.71. The SMILES string of the molecule is CNC(=O)c1c(-c2ccc[nH]c2=O)oc2cc(N(C)C)c(-c3ccc4c(n3)-c3cc5c(F)cccc5n3CO4)cc12. The Balaban J connectivity index is 1.47. The Bertz CT molecular complexity index is 2090. The third-order valence-electron chi connectivity index (χ3n) is 7.42. The molecule has 2 N–H and O–H groups in total. The number of carbonyl (C=O) groups excluding carboxylic acids is 1. The summed E-state index contributed by atoms with van der Waals surface area (Å²) in [5, 5.41) is 3.70. The second kappa shape index (κ2) is 9.09. The van der Waals surface area contributed by atoms with E-state index in [0.29, 0.717) is 33.5 Å². The summed E-state index contributed by atoms with van der Waals surface area (Å²) in [5.74, 6) is 0.0828. The van der Waals surface area contributed by atoms with Gasteiger partial charge in [0.1, 0.15) is 22.8 Å². The van der Waals surface area contributed by atoms with Crippen molar-refractivity contribution in [3.63, 3.8) is 0 Å². The lowest BCUT2D eigenvalue weighted by Gasteiger charge is -2.22. The number of fused-ring (bicyclic) bond motifs is 6. The van der Waals surface area contributed by atoms with Crippen LogP contribution in [-0.4, -0.2) is 41.6 Å². The lowest BCUT2D eigenvalue weighted by atomic mass is 10.0. The number of rotatable bonds is 4. The predicted octanol–water partition coefficient (Wildman–Crippen LogP) is 5.39. The van der Waals surface area contributed by atoms with Crippen molar-refractivity contribution in [1.82, 2.24) is 19.9 Å². The average molecular weight is 550 g/mol. The number of hydrogen-bond acceptors (Lipinski definition) is 6. The van der Waals surface area contributed by atoms with Gasteiger partial charge in [-0.15, -0.1) is 0 Å². The summed E-state index contributed by atoms with van der Waals surface area (Å²) in [7, 11) is 5.33. The van der Waals surface area contributed by atoms with Crippen LogP contribution in [0.2, 0.25) is 0 Å². The largest absolute Gasteiger partial charge is 0.470 e. The van der Waals surface area contributed by atoms with Gasteiger partial charge < -0.3 is 28.9 Å². The molecule has 0 atom stereocenters. The smallest absolute Gasteiger partial charge is 0.259 e. The zero-order valence-corrected chi connectivity index (χ0v) is 22.4. The molecule has 0 radical (unpaired) electrons. The van der Waals surface area contributed by atoms with Crippen molar-refractivity contribution in [2.45, 2.75) is 6.73 Å². The Labute approximate surface area is 232 Å². The molecule has 5 heterocycles. The number of carbonyl (C=O) groups is 1. The minimum Gasteiger partial charge on any atom is -0.470 e. The van der Waals surface area contributed by atoms with Crippen LogP contribution in [0.5, 0.6) is 5.75 Å². The van der Waals surface area contributed by atoms with Crippen LogP contribution in [0.1, 0.15) is 10.4 Å². The number of ether oxygens (including phenoxy) is 1. The third-order valence-corrected chi connectivity index (χ3v) is 7.42. The quantitative estimate of drug-likeness (QED) is 0.306. The van der Waals surface area contributed by atoms with Crippen molar-refractivity contribution in [1.29, 1.82) is 0 Å². The van der Waals surface area contributed by atoms with E-state index >= 15 is 0 Å². The van der Waals surface area contributed by atoms with E-state index in [1.807, 2.05) is 53.9 Å². The van der Waals surface area contributed by atoms with E-state index in [0.717, 1.165) is 22.5 Å². The first kappa shape index (κ1) is 24.6. The van der Waals surface area contributed by atoms with Gasteiger partial charge in [0.15, 0.2) is 12.5 Å². The number of amides is 1. The molecule has 6 aromatic rings. The molecular weight excluding hydrogens is 525 g/mol. The fourth-order valence-corrected chi connectivity index (χ4v) is 5.46. The molecule has 0 saturated carbocycles. The molecule has 2 aromatic carbocycles. The van der Waals surface area contributed by atoms with E-state index in [9.17, 15) is 14.0 Å². The van der Waals surface area contributed by atoms with E-state index in [2.05, 4.69) is 10.3 Å². The van der Waals surface area contributed by atoms with Crippen molar-refractivity contribution in [2.24, 2.45) is 0 Å². The molecule has 1 aliphatic heterocycles. The Hall–Kier alpha value is -5.38. The van der Waals surface area contributed by atoms with Crippen molar-refractivity contribution in [2.75, 3.05) is 26.0 Å². The monoisotopic (exact) mass is 549 g/mol. The van der Waals surface area contributed by atoms with Crippen LogP contribution in [-0.2, 0) is 6.73 Å². The highest BCUT2D eigenvalue weighted by Crippen LogP contribution is 2.42. The fraction of sp³-hybridized carbons (Fsp3) is 0.129. The molecule has 9 nitrogen and oxygen atoms in total. The Morgan fingerprint density at radius 2 is 1.93 bits per heavy atom. The molecule has 204 valence electrons. The molecule has 7 rings (SSSR count). The minimum atomic E-state index is -0.385. The summed E-state index contributed by atoms with van der Waals surface area (Å²) in [6.07, 6.45) is 1.52. The maximum absolute atomic E-state index is 14.6. The van der Waals surface area contributed by atoms with Crippen molar-refractivity contribution in [3.8, 4) is 39.7 Å². The van der Waals surface area contributed by atoms with Gasteiger partial charge in [-0.1, -0.05) is 6.07 Å². The molecule has 1 aliphatic rings. The van der Waals surface area contributed by atoms with Crippen LogP contribution < -0.4 is 20.5 Å². The van der Waals surface area contributed by atoms with Crippen LogP contribution >= 0.6 is 0 Å². The van der Waals surface area contributed by atoms with Crippen LogP contribution in [0.3, 0.4) is 0 Å². The standard InChI is InChI=1S/C31H24FN5O4/c1-33-31(39)27-19-12-18(23(36(2)3)14-26(19)41-29(27)16-6-5-11-34-30(16)38)21-9-10-25-28(35-21)24-13-17-20(32)7-4-8-22(17)37(24)15-40-25/h4-14H,15H2,1-3H3,(H,33,39)(H,34,38). The number of halogens is 1. The molecule has 41 heavy (non-hydrogen) atoms. The zero-order chi connectivity index (χ0) is 28.4. The Kier molecular flexibility index (Phi) is 5.46. The number of anilines is 1. The number of aromatic nitrogens is 3. The van der Waals surface area contributed by atoms with Crippen LogP contribution in [0.25, 0.3) is 55.8 Å². The highest BCUT2D eigenvalue weighted by molar-refractivity contribution is 6.12. The summed E-state index contributed by atoms with van der Waals surface area (Å²) >= 11 is 0. The molecule has 0 unspecified atom stereocenters. The average Bonchev–Trinajstić information content (AvgIpc) is 3.55. The van der Waals surface area contributed by atoms with Crippen molar-refractivity contribution < 1.29 is 18.3 Å². The molecule has 0 aliphatic carbocycles.